The molecule has 0 bridgehead atoms. The number of unbranched alkanes of at least 4 members (excludes halogenated alkanes) is 1. The molecular weight excluding hydrogens is 420 g/mol. The van der Waals surface area contributed by atoms with Crippen molar-refractivity contribution in [2.45, 2.75) is 46.5 Å². The zero-order chi connectivity index (χ0) is 24.0. The summed E-state index contributed by atoms with van der Waals surface area (Å²) < 4.78 is 11.0. The summed E-state index contributed by atoms with van der Waals surface area (Å²) >= 11 is 0. The van der Waals surface area contributed by atoms with Crippen molar-refractivity contribution in [1.82, 2.24) is 15.8 Å². The lowest BCUT2D eigenvalue weighted by Crippen LogP contribution is -2.37. The number of aromatic nitrogens is 1. The Hall–Kier alpha value is -3.39. The number of rotatable bonds is 9. The highest BCUT2D eigenvalue weighted by molar-refractivity contribution is 6.02. The van der Waals surface area contributed by atoms with Crippen molar-refractivity contribution in [2.75, 3.05) is 19.7 Å². The Balaban J connectivity index is 2.15. The summed E-state index contributed by atoms with van der Waals surface area (Å²) in [6, 6.07) is 9.58. The molecule has 1 unspecified atom stereocenters. The molecule has 4 N–H and O–H groups in total. The summed E-state index contributed by atoms with van der Waals surface area (Å²) in [5.41, 5.74) is 9.80. The number of ether oxygens (including phenoxy) is 1. The third kappa shape index (κ3) is 5.17. The smallest absolute Gasteiger partial charge is 0.336 e. The lowest BCUT2D eigenvalue weighted by atomic mass is 9.78. The standard InChI is InChI=1S/C25H32N4O4/c1-5-32-25(31)20-16(3)28-15(2)19(24(30)27-14-10-9-13-26)22(20)21-17(4)33-29-23(21)18-11-7-6-8-12-18/h6-8,11-12,22,28H,5,9-10,13-14,26H2,1-4H3,(H,27,30). The van der Waals surface area contributed by atoms with E-state index in [1.165, 1.54) is 0 Å². The van der Waals surface area contributed by atoms with Crippen LogP contribution in [0.1, 0.15) is 50.9 Å². The molecule has 2 aromatic rings. The largest absolute Gasteiger partial charge is 0.463 e. The number of benzene rings is 1. The highest BCUT2D eigenvalue weighted by atomic mass is 16.5. The number of nitrogens with zero attached hydrogens (tertiary/aromatic N) is 1. The molecule has 0 fully saturated rings. The molecule has 0 saturated carbocycles. The second-order valence-electron chi connectivity index (χ2n) is 7.97. The maximum Gasteiger partial charge on any atom is 0.336 e. The number of allylic oxidation sites excluding steroid dienone is 2. The molecule has 2 heterocycles. The minimum Gasteiger partial charge on any atom is -0.463 e. The normalized spacial score (nSPS) is 16.0. The van der Waals surface area contributed by atoms with Gasteiger partial charge < -0.3 is 25.6 Å². The van der Waals surface area contributed by atoms with Crippen molar-refractivity contribution in [3.63, 3.8) is 0 Å². The summed E-state index contributed by atoms with van der Waals surface area (Å²) in [6.45, 7) is 8.47. The fraction of sp³-hybridized carbons (Fsp3) is 0.400. The van der Waals surface area contributed by atoms with Crippen LogP contribution in [0.15, 0.2) is 57.4 Å². The molecule has 8 heteroatoms. The number of amides is 1. The quantitative estimate of drug-likeness (QED) is 0.394. The molecular formula is C25H32N4O4. The van der Waals surface area contributed by atoms with Gasteiger partial charge in [0.25, 0.3) is 0 Å². The van der Waals surface area contributed by atoms with E-state index in [1.807, 2.05) is 44.2 Å². The topological polar surface area (TPSA) is 119 Å². The van der Waals surface area contributed by atoms with Crippen molar-refractivity contribution in [1.29, 1.82) is 0 Å². The maximum absolute atomic E-state index is 13.4. The van der Waals surface area contributed by atoms with Crippen molar-refractivity contribution in [3.8, 4) is 11.3 Å². The number of hydrogen-bond acceptors (Lipinski definition) is 7. The van der Waals surface area contributed by atoms with Gasteiger partial charge in [-0.05, 0) is 47.1 Å². The number of esters is 1. The second kappa shape index (κ2) is 11.0. The van der Waals surface area contributed by atoms with Gasteiger partial charge in [0.15, 0.2) is 0 Å². The minimum atomic E-state index is -0.693. The third-order valence-corrected chi connectivity index (χ3v) is 5.66. The lowest BCUT2D eigenvalue weighted by Gasteiger charge is -2.31. The Morgan fingerprint density at radius 2 is 1.82 bits per heavy atom. The molecule has 0 spiro atoms. The summed E-state index contributed by atoms with van der Waals surface area (Å²) in [5.74, 6) is -0.887. The Bertz CT molecular complexity index is 1070. The Kier molecular flexibility index (Phi) is 8.06. The molecule has 0 radical (unpaired) electrons. The molecule has 1 aromatic carbocycles. The van der Waals surface area contributed by atoms with Crippen molar-refractivity contribution < 1.29 is 18.8 Å². The molecule has 8 nitrogen and oxygen atoms in total. The highest BCUT2D eigenvalue weighted by Crippen LogP contribution is 2.44. The van der Waals surface area contributed by atoms with E-state index in [0.29, 0.717) is 52.6 Å². The fourth-order valence-electron chi connectivity index (χ4n) is 4.15. The number of carbonyl (C=O) groups excluding carboxylic acids is 2. The van der Waals surface area contributed by atoms with Gasteiger partial charge in [0.1, 0.15) is 11.5 Å². The highest BCUT2D eigenvalue weighted by Gasteiger charge is 2.40. The number of hydrogen-bond donors (Lipinski definition) is 3. The van der Waals surface area contributed by atoms with E-state index >= 15 is 0 Å². The van der Waals surface area contributed by atoms with E-state index in [4.69, 9.17) is 15.0 Å². The van der Waals surface area contributed by atoms with Gasteiger partial charge in [-0.2, -0.15) is 0 Å². The average molecular weight is 453 g/mol. The molecule has 0 aliphatic carbocycles. The van der Waals surface area contributed by atoms with Gasteiger partial charge in [-0.15, -0.1) is 0 Å². The SMILES string of the molecule is CCOC(=O)C1=C(C)NC(C)=C(C(=O)NCCCCN)C1c1c(-c2ccccc2)noc1C. The second-order valence-corrected chi connectivity index (χ2v) is 7.97. The van der Waals surface area contributed by atoms with Gasteiger partial charge in [0, 0.05) is 34.6 Å². The van der Waals surface area contributed by atoms with Crippen LogP contribution in [-0.2, 0) is 14.3 Å². The van der Waals surface area contributed by atoms with E-state index in [1.54, 1.807) is 13.8 Å². The van der Waals surface area contributed by atoms with Crippen LogP contribution in [0.2, 0.25) is 0 Å². The van der Waals surface area contributed by atoms with Crippen LogP contribution in [-0.4, -0.2) is 36.7 Å². The van der Waals surface area contributed by atoms with E-state index in [9.17, 15) is 9.59 Å². The molecule has 176 valence electrons. The monoisotopic (exact) mass is 452 g/mol. The predicted molar refractivity (Wildman–Crippen MR) is 126 cm³/mol. The summed E-state index contributed by atoms with van der Waals surface area (Å²) in [5, 5.41) is 10.5. The first-order valence-electron chi connectivity index (χ1n) is 11.3. The summed E-state index contributed by atoms with van der Waals surface area (Å²) in [6.07, 6.45) is 1.59. The first-order chi connectivity index (χ1) is 15.9. The minimum absolute atomic E-state index is 0.222. The van der Waals surface area contributed by atoms with Crippen LogP contribution in [0.3, 0.4) is 0 Å². The lowest BCUT2D eigenvalue weighted by molar-refractivity contribution is -0.138. The number of aryl methyl sites for hydroxylation is 1. The van der Waals surface area contributed by atoms with Crippen LogP contribution in [0, 0.1) is 6.92 Å². The van der Waals surface area contributed by atoms with E-state index in [-0.39, 0.29) is 12.5 Å². The van der Waals surface area contributed by atoms with Crippen LogP contribution in [0.4, 0.5) is 0 Å². The van der Waals surface area contributed by atoms with Crippen LogP contribution in [0.25, 0.3) is 11.3 Å². The maximum atomic E-state index is 13.4. The summed E-state index contributed by atoms with van der Waals surface area (Å²) in [4.78, 5) is 26.5. The van der Waals surface area contributed by atoms with Crippen molar-refractivity contribution in [3.05, 3.63) is 64.2 Å². The molecule has 0 saturated heterocycles. The fourth-order valence-corrected chi connectivity index (χ4v) is 4.15. The van der Waals surface area contributed by atoms with E-state index < -0.39 is 11.9 Å². The number of nitrogens with two attached hydrogens (primary N) is 1. The van der Waals surface area contributed by atoms with E-state index in [0.717, 1.165) is 18.4 Å². The Morgan fingerprint density at radius 1 is 1.12 bits per heavy atom. The Labute approximate surface area is 194 Å². The summed E-state index contributed by atoms with van der Waals surface area (Å²) in [7, 11) is 0. The van der Waals surface area contributed by atoms with Gasteiger partial charge in [0.2, 0.25) is 5.91 Å². The first-order valence-corrected chi connectivity index (χ1v) is 11.3. The number of carbonyl (C=O) groups is 2. The van der Waals surface area contributed by atoms with Gasteiger partial charge in [-0.1, -0.05) is 35.5 Å². The van der Waals surface area contributed by atoms with Gasteiger partial charge in [0.05, 0.1) is 18.1 Å². The van der Waals surface area contributed by atoms with E-state index in [2.05, 4.69) is 15.8 Å². The van der Waals surface area contributed by atoms with Crippen LogP contribution < -0.4 is 16.4 Å². The number of nitrogens with one attached hydrogen (secondary N) is 2. The predicted octanol–water partition coefficient (Wildman–Crippen LogP) is 3.30. The molecule has 1 atom stereocenters. The molecule has 1 amide bonds. The molecule has 1 aliphatic heterocycles. The van der Waals surface area contributed by atoms with Crippen molar-refractivity contribution >= 4 is 11.9 Å². The first kappa shape index (κ1) is 24.3. The average Bonchev–Trinajstić information content (AvgIpc) is 3.17. The zero-order valence-electron chi connectivity index (χ0n) is 19.7. The van der Waals surface area contributed by atoms with Gasteiger partial charge >= 0.3 is 5.97 Å². The van der Waals surface area contributed by atoms with Gasteiger partial charge in [-0.25, -0.2) is 4.79 Å². The zero-order valence-corrected chi connectivity index (χ0v) is 19.7. The molecule has 33 heavy (non-hydrogen) atoms. The molecule has 3 rings (SSSR count). The third-order valence-electron chi connectivity index (χ3n) is 5.66. The Morgan fingerprint density at radius 3 is 2.48 bits per heavy atom. The number of dihydropyridines is 1. The van der Waals surface area contributed by atoms with Gasteiger partial charge in [-0.3, -0.25) is 4.79 Å². The molecule has 1 aliphatic rings. The van der Waals surface area contributed by atoms with Crippen LogP contribution in [0.5, 0.6) is 0 Å². The molecule has 1 aromatic heterocycles. The van der Waals surface area contributed by atoms with Crippen molar-refractivity contribution in [2.24, 2.45) is 5.73 Å². The van der Waals surface area contributed by atoms with Crippen LogP contribution >= 0.6 is 0 Å².